The Hall–Kier alpha value is -1.35. The van der Waals surface area contributed by atoms with Crippen molar-refractivity contribution in [2.24, 2.45) is 10.9 Å². The van der Waals surface area contributed by atoms with Crippen molar-refractivity contribution in [2.75, 3.05) is 13.1 Å². The van der Waals surface area contributed by atoms with Crippen molar-refractivity contribution in [3.8, 4) is 0 Å². The molecule has 74 valence electrons. The molecular weight excluding hydrogens is 174 g/mol. The van der Waals surface area contributed by atoms with Gasteiger partial charge in [0, 0.05) is 26.1 Å². The van der Waals surface area contributed by atoms with Gasteiger partial charge >= 0.3 is 0 Å². The van der Waals surface area contributed by atoms with E-state index >= 15 is 0 Å². The molecule has 1 fully saturated rings. The Balaban J connectivity index is 1.94. The van der Waals surface area contributed by atoms with Gasteiger partial charge in [0.05, 0.1) is 5.71 Å². The first-order valence-electron chi connectivity index (χ1n) is 4.90. The van der Waals surface area contributed by atoms with E-state index in [9.17, 15) is 0 Å². The highest BCUT2D eigenvalue weighted by molar-refractivity contribution is 5.88. The van der Waals surface area contributed by atoms with Crippen LogP contribution in [0, 0.1) is 0 Å². The molecule has 2 N–H and O–H groups in total. The molecule has 1 aromatic rings. The Bertz CT molecular complexity index is 319. The summed E-state index contributed by atoms with van der Waals surface area (Å²) in [6, 6.07) is 10.5. The number of hydrazone groups is 1. The quantitative estimate of drug-likeness (QED) is 0.561. The molecule has 0 unspecified atom stereocenters. The zero-order valence-corrected chi connectivity index (χ0v) is 8.19. The monoisotopic (exact) mass is 189 g/mol. The second kappa shape index (κ2) is 4.24. The lowest BCUT2D eigenvalue weighted by molar-refractivity contribution is 0.341. The molecule has 0 aromatic heterocycles. The minimum atomic E-state index is 0.922. The first kappa shape index (κ1) is 9.21. The fourth-order valence-electron chi connectivity index (χ4n) is 1.79. The van der Waals surface area contributed by atoms with E-state index in [1.807, 2.05) is 6.07 Å². The minimum Gasteiger partial charge on any atom is -0.323 e. The van der Waals surface area contributed by atoms with Crippen LogP contribution < -0.4 is 5.84 Å². The molecule has 0 bridgehead atoms. The maximum atomic E-state index is 5.25. The van der Waals surface area contributed by atoms with Crippen LogP contribution in [0.2, 0.25) is 0 Å². The highest BCUT2D eigenvalue weighted by atomic mass is 15.2. The van der Waals surface area contributed by atoms with Crippen LogP contribution in [-0.2, 0) is 6.54 Å². The molecule has 0 amide bonds. The van der Waals surface area contributed by atoms with Crippen LogP contribution in [0.15, 0.2) is 35.4 Å². The van der Waals surface area contributed by atoms with E-state index in [4.69, 9.17) is 5.84 Å². The average Bonchev–Trinajstić information content (AvgIpc) is 2.67. The summed E-state index contributed by atoms with van der Waals surface area (Å²) in [4.78, 5) is 2.36. The zero-order valence-electron chi connectivity index (χ0n) is 8.19. The molecule has 0 saturated carbocycles. The van der Waals surface area contributed by atoms with Crippen molar-refractivity contribution in [1.29, 1.82) is 0 Å². The molecule has 2 rings (SSSR count). The zero-order chi connectivity index (χ0) is 9.80. The fourth-order valence-corrected chi connectivity index (χ4v) is 1.79. The van der Waals surface area contributed by atoms with Crippen LogP contribution in [0.4, 0.5) is 0 Å². The van der Waals surface area contributed by atoms with Crippen molar-refractivity contribution in [2.45, 2.75) is 13.0 Å². The van der Waals surface area contributed by atoms with E-state index in [-0.39, 0.29) is 0 Å². The topological polar surface area (TPSA) is 41.6 Å². The lowest BCUT2D eigenvalue weighted by Gasteiger charge is -2.13. The van der Waals surface area contributed by atoms with E-state index in [0.29, 0.717) is 0 Å². The highest BCUT2D eigenvalue weighted by Gasteiger charge is 2.17. The second-order valence-electron chi connectivity index (χ2n) is 3.64. The first-order valence-corrected chi connectivity index (χ1v) is 4.90. The predicted molar refractivity (Wildman–Crippen MR) is 58.0 cm³/mol. The largest absolute Gasteiger partial charge is 0.323 e. The number of nitrogens with zero attached hydrogens (tertiary/aromatic N) is 2. The lowest BCUT2D eigenvalue weighted by Crippen LogP contribution is -2.20. The van der Waals surface area contributed by atoms with Gasteiger partial charge in [-0.1, -0.05) is 30.3 Å². The Kier molecular flexibility index (Phi) is 2.79. The van der Waals surface area contributed by atoms with Crippen molar-refractivity contribution in [1.82, 2.24) is 4.90 Å². The van der Waals surface area contributed by atoms with Gasteiger partial charge in [-0.2, -0.15) is 5.10 Å². The van der Waals surface area contributed by atoms with E-state index in [1.165, 1.54) is 5.56 Å². The summed E-state index contributed by atoms with van der Waals surface area (Å²) in [7, 11) is 0. The molecule has 3 heteroatoms. The number of rotatable bonds is 2. The van der Waals surface area contributed by atoms with Gasteiger partial charge < -0.3 is 5.84 Å². The number of nitrogens with two attached hydrogens (primary N) is 1. The Morgan fingerprint density at radius 1 is 1.29 bits per heavy atom. The van der Waals surface area contributed by atoms with Crippen molar-refractivity contribution in [3.63, 3.8) is 0 Å². The number of hydrogen-bond donors (Lipinski definition) is 1. The molecule has 1 aliphatic rings. The highest BCUT2D eigenvalue weighted by Crippen LogP contribution is 2.10. The molecule has 1 saturated heterocycles. The molecule has 1 aliphatic heterocycles. The third kappa shape index (κ3) is 2.12. The average molecular weight is 189 g/mol. The van der Waals surface area contributed by atoms with Gasteiger partial charge in [0.2, 0.25) is 0 Å². The van der Waals surface area contributed by atoms with Crippen LogP contribution in [-0.4, -0.2) is 23.7 Å². The van der Waals surface area contributed by atoms with Crippen molar-refractivity contribution >= 4 is 5.71 Å². The molecule has 1 aromatic carbocycles. The molecular formula is C11H15N3. The summed E-state index contributed by atoms with van der Waals surface area (Å²) in [5.41, 5.74) is 2.46. The summed E-state index contributed by atoms with van der Waals surface area (Å²) in [6.07, 6.45) is 1.02. The minimum absolute atomic E-state index is 0.922. The predicted octanol–water partition coefficient (Wildman–Crippen LogP) is 1.21. The summed E-state index contributed by atoms with van der Waals surface area (Å²) < 4.78 is 0. The summed E-state index contributed by atoms with van der Waals surface area (Å²) >= 11 is 0. The van der Waals surface area contributed by atoms with E-state index in [1.54, 1.807) is 0 Å². The Morgan fingerprint density at radius 3 is 2.71 bits per heavy atom. The van der Waals surface area contributed by atoms with Crippen LogP contribution in [0.3, 0.4) is 0 Å². The normalized spacial score (nSPS) is 20.4. The molecule has 3 nitrogen and oxygen atoms in total. The molecule has 14 heavy (non-hydrogen) atoms. The Morgan fingerprint density at radius 2 is 2.07 bits per heavy atom. The summed E-state index contributed by atoms with van der Waals surface area (Å²) in [6.45, 7) is 3.00. The van der Waals surface area contributed by atoms with Gasteiger partial charge in [-0.3, -0.25) is 4.90 Å². The van der Waals surface area contributed by atoms with Crippen molar-refractivity contribution in [3.05, 3.63) is 35.9 Å². The van der Waals surface area contributed by atoms with Gasteiger partial charge in [-0.25, -0.2) is 0 Å². The number of likely N-dealkylation sites (tertiary alicyclic amines) is 1. The third-order valence-electron chi connectivity index (χ3n) is 2.55. The molecule has 0 aliphatic carbocycles. The van der Waals surface area contributed by atoms with Crippen LogP contribution in [0.5, 0.6) is 0 Å². The van der Waals surface area contributed by atoms with Crippen LogP contribution >= 0.6 is 0 Å². The number of benzene rings is 1. The van der Waals surface area contributed by atoms with E-state index in [0.717, 1.165) is 31.8 Å². The standard InChI is InChI=1S/C11H15N3/c12-13-11-6-7-14(9-11)8-10-4-2-1-3-5-10/h1-5H,6-9,12H2. The van der Waals surface area contributed by atoms with Gasteiger partial charge in [-0.05, 0) is 5.56 Å². The maximum absolute atomic E-state index is 5.25. The smallest absolute Gasteiger partial charge is 0.0528 e. The molecule has 0 radical (unpaired) electrons. The van der Waals surface area contributed by atoms with Crippen LogP contribution in [0.1, 0.15) is 12.0 Å². The summed E-state index contributed by atoms with van der Waals surface area (Å²) in [5, 5.41) is 3.75. The molecule has 1 heterocycles. The lowest BCUT2D eigenvalue weighted by atomic mass is 10.2. The Labute approximate surface area is 84.2 Å². The number of hydrogen-bond acceptors (Lipinski definition) is 3. The van der Waals surface area contributed by atoms with Crippen molar-refractivity contribution < 1.29 is 0 Å². The fraction of sp³-hybridized carbons (Fsp3) is 0.364. The SMILES string of the molecule is NN=C1CCN(Cc2ccccc2)C1. The van der Waals surface area contributed by atoms with E-state index in [2.05, 4.69) is 34.3 Å². The molecule has 0 spiro atoms. The van der Waals surface area contributed by atoms with E-state index < -0.39 is 0 Å². The third-order valence-corrected chi connectivity index (χ3v) is 2.55. The summed E-state index contributed by atoms with van der Waals surface area (Å²) in [5.74, 6) is 5.25. The second-order valence-corrected chi connectivity index (χ2v) is 3.64. The van der Waals surface area contributed by atoms with Gasteiger partial charge in [-0.15, -0.1) is 0 Å². The van der Waals surface area contributed by atoms with Gasteiger partial charge in [0.1, 0.15) is 0 Å². The molecule has 0 atom stereocenters. The first-order chi connectivity index (χ1) is 6.88. The van der Waals surface area contributed by atoms with Gasteiger partial charge in [0.25, 0.3) is 0 Å². The van der Waals surface area contributed by atoms with Crippen LogP contribution in [0.25, 0.3) is 0 Å². The maximum Gasteiger partial charge on any atom is 0.0528 e. The van der Waals surface area contributed by atoms with Gasteiger partial charge in [0.15, 0.2) is 0 Å².